The summed E-state index contributed by atoms with van der Waals surface area (Å²) in [5, 5.41) is 14.4. The summed E-state index contributed by atoms with van der Waals surface area (Å²) in [7, 11) is 0. The van der Waals surface area contributed by atoms with E-state index in [1.54, 1.807) is 4.90 Å². The van der Waals surface area contributed by atoms with Gasteiger partial charge in [-0.2, -0.15) is 15.0 Å². The molecule has 0 bridgehead atoms. The first-order valence-electron chi connectivity index (χ1n) is 8.67. The first kappa shape index (κ1) is 19.1. The molecule has 0 spiro atoms. The second-order valence-corrected chi connectivity index (χ2v) is 6.57. The van der Waals surface area contributed by atoms with Crippen molar-refractivity contribution in [2.24, 2.45) is 0 Å². The average Bonchev–Trinajstić information content (AvgIpc) is 3.05. The Bertz CT molecular complexity index is 765. The highest BCUT2D eigenvalue weighted by Crippen LogP contribution is 2.35. The van der Waals surface area contributed by atoms with Gasteiger partial charge in [0.1, 0.15) is 16.7 Å². The van der Waals surface area contributed by atoms with Crippen LogP contribution in [-0.2, 0) is 12.8 Å². The second kappa shape index (κ2) is 8.72. The summed E-state index contributed by atoms with van der Waals surface area (Å²) in [5.41, 5.74) is 2.90. The van der Waals surface area contributed by atoms with Crippen LogP contribution >= 0.6 is 11.8 Å². The predicted octanol–water partition coefficient (Wildman–Crippen LogP) is 4.34. The van der Waals surface area contributed by atoms with Gasteiger partial charge in [-0.15, -0.1) is 0 Å². The third kappa shape index (κ3) is 4.05. The molecule has 5 nitrogen and oxygen atoms in total. The maximum absolute atomic E-state index is 12.5. The maximum atomic E-state index is 12.5. The van der Waals surface area contributed by atoms with Crippen molar-refractivity contribution in [3.8, 4) is 6.07 Å². The number of carbonyl (C=O) groups is 1. The highest BCUT2D eigenvalue weighted by molar-refractivity contribution is 7.99. The number of nitrogens with zero attached hydrogens (tertiary/aromatic N) is 4. The van der Waals surface area contributed by atoms with Crippen LogP contribution in [0.1, 0.15) is 44.4 Å². The molecule has 1 amide bonds. The van der Waals surface area contributed by atoms with Crippen molar-refractivity contribution in [1.82, 2.24) is 14.7 Å². The molecule has 0 aliphatic rings. The molecule has 132 valence electrons. The number of hydrogen-bond acceptors (Lipinski definition) is 4. The molecule has 6 heteroatoms. The summed E-state index contributed by atoms with van der Waals surface area (Å²) in [6.07, 6.45) is 3.36. The molecule has 1 aromatic heterocycles. The van der Waals surface area contributed by atoms with Crippen LogP contribution < -0.4 is 0 Å². The Morgan fingerprint density at radius 1 is 1.20 bits per heavy atom. The monoisotopic (exact) mass is 356 g/mol. The third-order valence-corrected chi connectivity index (χ3v) is 5.39. The fourth-order valence-electron chi connectivity index (χ4n) is 2.67. The molecule has 0 aliphatic carbocycles. The number of amides is 1. The van der Waals surface area contributed by atoms with E-state index in [2.05, 4.69) is 43.2 Å². The van der Waals surface area contributed by atoms with Crippen molar-refractivity contribution in [2.75, 3.05) is 13.1 Å². The molecule has 0 N–H and O–H groups in total. The number of carbonyl (C=O) groups excluding carboxylic acids is 1. The number of aryl methyl sites for hydroxylation is 2. The zero-order valence-corrected chi connectivity index (χ0v) is 16.1. The van der Waals surface area contributed by atoms with Gasteiger partial charge in [0, 0.05) is 18.0 Å². The van der Waals surface area contributed by atoms with Gasteiger partial charge in [0.2, 0.25) is 0 Å². The van der Waals surface area contributed by atoms with Crippen LogP contribution in [0.25, 0.3) is 0 Å². The van der Waals surface area contributed by atoms with Crippen molar-refractivity contribution in [2.45, 2.75) is 50.5 Å². The second-order valence-electron chi connectivity index (χ2n) is 5.57. The molecule has 1 aromatic carbocycles. The standard InChI is InChI=1S/C19H24N4OS/c1-5-14-10-9-11-15(6-2)17(14)25-18-16(12-20)13-23(21-18)19(24)22(7-3)8-4/h9-11,13H,5-8H2,1-4H3. The summed E-state index contributed by atoms with van der Waals surface area (Å²) in [6, 6.07) is 8.24. The Kier molecular flexibility index (Phi) is 6.65. The minimum absolute atomic E-state index is 0.201. The summed E-state index contributed by atoms with van der Waals surface area (Å²) in [4.78, 5) is 15.3. The van der Waals surface area contributed by atoms with Gasteiger partial charge in [0.05, 0.1) is 6.20 Å². The highest BCUT2D eigenvalue weighted by Gasteiger charge is 2.19. The van der Waals surface area contributed by atoms with Crippen LogP contribution in [0.2, 0.25) is 0 Å². The van der Waals surface area contributed by atoms with E-state index in [-0.39, 0.29) is 6.03 Å². The summed E-state index contributed by atoms with van der Waals surface area (Å²) in [6.45, 7) is 9.31. The molecule has 2 rings (SSSR count). The van der Waals surface area contributed by atoms with E-state index in [4.69, 9.17) is 0 Å². The lowest BCUT2D eigenvalue weighted by molar-refractivity contribution is 0.201. The van der Waals surface area contributed by atoms with Crippen LogP contribution in [0.3, 0.4) is 0 Å². The molecule has 0 saturated carbocycles. The quantitative estimate of drug-likeness (QED) is 0.772. The molecular formula is C19H24N4OS. The van der Waals surface area contributed by atoms with Gasteiger partial charge in [0.25, 0.3) is 0 Å². The van der Waals surface area contributed by atoms with Gasteiger partial charge < -0.3 is 4.90 Å². The van der Waals surface area contributed by atoms with Crippen molar-refractivity contribution >= 4 is 17.8 Å². The Morgan fingerprint density at radius 3 is 2.28 bits per heavy atom. The molecule has 0 aliphatic heterocycles. The fraction of sp³-hybridized carbons (Fsp3) is 0.421. The molecular weight excluding hydrogens is 332 g/mol. The van der Waals surface area contributed by atoms with Crippen molar-refractivity contribution in [3.63, 3.8) is 0 Å². The maximum Gasteiger partial charge on any atom is 0.344 e. The number of nitriles is 1. The summed E-state index contributed by atoms with van der Waals surface area (Å²) in [5.74, 6) is 0. The topological polar surface area (TPSA) is 61.9 Å². The van der Waals surface area contributed by atoms with Gasteiger partial charge in [-0.1, -0.05) is 43.8 Å². The van der Waals surface area contributed by atoms with Crippen molar-refractivity contribution in [1.29, 1.82) is 5.26 Å². The van der Waals surface area contributed by atoms with E-state index in [1.807, 2.05) is 13.8 Å². The Labute approximate surface area is 153 Å². The SMILES string of the molecule is CCc1cccc(CC)c1Sc1nn(C(=O)N(CC)CC)cc1C#N. The number of hydrogen-bond donors (Lipinski definition) is 0. The first-order chi connectivity index (χ1) is 12.1. The molecule has 2 aromatic rings. The Balaban J connectivity index is 2.42. The van der Waals surface area contributed by atoms with Gasteiger partial charge in [-0.05, 0) is 37.8 Å². The normalized spacial score (nSPS) is 10.5. The molecule has 0 saturated heterocycles. The lowest BCUT2D eigenvalue weighted by Crippen LogP contribution is -2.34. The van der Waals surface area contributed by atoms with E-state index in [9.17, 15) is 10.1 Å². The van der Waals surface area contributed by atoms with E-state index < -0.39 is 0 Å². The Morgan fingerprint density at radius 2 is 1.80 bits per heavy atom. The average molecular weight is 356 g/mol. The van der Waals surface area contributed by atoms with Gasteiger partial charge in [0.15, 0.2) is 0 Å². The van der Waals surface area contributed by atoms with Gasteiger partial charge in [-0.25, -0.2) is 4.79 Å². The van der Waals surface area contributed by atoms with Crippen molar-refractivity contribution in [3.05, 3.63) is 41.1 Å². The summed E-state index contributed by atoms with van der Waals surface area (Å²) >= 11 is 1.48. The van der Waals surface area contributed by atoms with Crippen LogP contribution in [0.15, 0.2) is 34.3 Å². The molecule has 0 unspecified atom stereocenters. The lowest BCUT2D eigenvalue weighted by Gasteiger charge is -2.17. The van der Waals surface area contributed by atoms with Gasteiger partial charge in [-0.3, -0.25) is 0 Å². The smallest absolute Gasteiger partial charge is 0.323 e. The molecule has 25 heavy (non-hydrogen) atoms. The summed E-state index contributed by atoms with van der Waals surface area (Å²) < 4.78 is 1.29. The fourth-order valence-corrected chi connectivity index (χ4v) is 3.89. The zero-order valence-electron chi connectivity index (χ0n) is 15.2. The molecule has 0 fully saturated rings. The predicted molar refractivity (Wildman–Crippen MR) is 100.0 cm³/mol. The Hall–Kier alpha value is -2.26. The number of benzene rings is 1. The molecule has 1 heterocycles. The third-order valence-electron chi connectivity index (χ3n) is 4.17. The minimum Gasteiger partial charge on any atom is -0.323 e. The minimum atomic E-state index is -0.201. The first-order valence-corrected chi connectivity index (χ1v) is 9.48. The highest BCUT2D eigenvalue weighted by atomic mass is 32.2. The van der Waals surface area contributed by atoms with Crippen LogP contribution in [0.5, 0.6) is 0 Å². The lowest BCUT2D eigenvalue weighted by atomic mass is 10.1. The van der Waals surface area contributed by atoms with Crippen LogP contribution in [-0.4, -0.2) is 33.8 Å². The van der Waals surface area contributed by atoms with E-state index >= 15 is 0 Å². The van der Waals surface area contributed by atoms with E-state index in [0.29, 0.717) is 23.7 Å². The zero-order chi connectivity index (χ0) is 18.4. The molecule has 0 radical (unpaired) electrons. The number of aromatic nitrogens is 2. The molecule has 0 atom stereocenters. The van der Waals surface area contributed by atoms with Crippen LogP contribution in [0, 0.1) is 11.3 Å². The van der Waals surface area contributed by atoms with E-state index in [0.717, 1.165) is 17.7 Å². The largest absolute Gasteiger partial charge is 0.344 e. The van der Waals surface area contributed by atoms with Gasteiger partial charge >= 0.3 is 6.03 Å². The van der Waals surface area contributed by atoms with Crippen molar-refractivity contribution < 1.29 is 4.79 Å². The van der Waals surface area contributed by atoms with Crippen LogP contribution in [0.4, 0.5) is 4.79 Å². The van der Waals surface area contributed by atoms with E-state index in [1.165, 1.54) is 33.8 Å². The number of rotatable bonds is 6.